The van der Waals surface area contributed by atoms with Crippen molar-refractivity contribution in [3.05, 3.63) is 152 Å². The van der Waals surface area contributed by atoms with Gasteiger partial charge in [-0.2, -0.15) is 0 Å². The maximum Gasteiger partial charge on any atom is 0.145 e. The summed E-state index contributed by atoms with van der Waals surface area (Å²) < 4.78 is 19.3. The second-order valence-electron chi connectivity index (χ2n) is 11.7. The fourth-order valence-electron chi connectivity index (χ4n) is 6.98. The topological polar surface area (TPSA) is 42.7 Å². The Balaban J connectivity index is 1.29. The quantitative estimate of drug-likeness (QED) is 0.204. The smallest absolute Gasteiger partial charge is 0.145 e. The molecule has 46 heavy (non-hydrogen) atoms. The predicted octanol–water partition coefficient (Wildman–Crippen LogP) is 12.5. The van der Waals surface area contributed by atoms with Gasteiger partial charge in [0.25, 0.3) is 0 Å². The van der Waals surface area contributed by atoms with E-state index in [9.17, 15) is 0 Å². The molecule has 4 nitrogen and oxygen atoms in total. The summed E-state index contributed by atoms with van der Waals surface area (Å²) in [6.45, 7) is 0. The lowest BCUT2D eigenvalue weighted by Crippen LogP contribution is -2.10. The molecule has 0 saturated carbocycles. The highest BCUT2D eigenvalue weighted by Gasteiger charge is 2.23. The van der Waals surface area contributed by atoms with Crippen LogP contribution in [0.2, 0.25) is 0 Å². The average Bonchev–Trinajstić information content (AvgIpc) is 3.80. The van der Waals surface area contributed by atoms with Gasteiger partial charge in [-0.15, -0.1) is 0 Å². The van der Waals surface area contributed by atoms with Gasteiger partial charge in [0, 0.05) is 49.9 Å². The molecule has 10 rings (SSSR count). The Hall–Kier alpha value is -6.26. The highest BCUT2D eigenvalue weighted by molar-refractivity contribution is 6.18. The number of para-hydroxylation sites is 3. The Morgan fingerprint density at radius 3 is 1.72 bits per heavy atom. The number of furan rings is 3. The number of nitrogens with zero attached hydrogens (tertiary/aromatic N) is 1. The van der Waals surface area contributed by atoms with Crippen LogP contribution in [0.4, 0.5) is 17.1 Å². The van der Waals surface area contributed by atoms with E-state index >= 15 is 0 Å². The molecule has 3 heterocycles. The molecule has 0 aliphatic carbocycles. The molecule has 3 aromatic heterocycles. The first kappa shape index (κ1) is 25.1. The Bertz CT molecular complexity index is 2760. The SMILES string of the molecule is c1ccc(-c2ccc(N(c3ccc4c(c3)oc3ccccc34)c3ccc4oc5ccccc5c4c3)c3c2oc2ccccc23)cc1. The van der Waals surface area contributed by atoms with Crippen LogP contribution in [0.25, 0.3) is 76.9 Å². The van der Waals surface area contributed by atoms with Crippen LogP contribution in [0.1, 0.15) is 0 Å². The predicted molar refractivity (Wildman–Crippen MR) is 188 cm³/mol. The van der Waals surface area contributed by atoms with Gasteiger partial charge in [-0.3, -0.25) is 0 Å². The van der Waals surface area contributed by atoms with Crippen molar-refractivity contribution in [3.63, 3.8) is 0 Å². The van der Waals surface area contributed by atoms with E-state index in [0.717, 1.165) is 94.0 Å². The minimum atomic E-state index is 0.841. The Morgan fingerprint density at radius 2 is 0.935 bits per heavy atom. The first-order valence-electron chi connectivity index (χ1n) is 15.4. The van der Waals surface area contributed by atoms with Crippen LogP contribution >= 0.6 is 0 Å². The van der Waals surface area contributed by atoms with Crippen LogP contribution in [0.15, 0.2) is 165 Å². The maximum absolute atomic E-state index is 6.67. The number of hydrogen-bond donors (Lipinski definition) is 0. The third-order valence-electron chi connectivity index (χ3n) is 9.07. The molecule has 0 radical (unpaired) electrons. The first-order chi connectivity index (χ1) is 22.8. The summed E-state index contributed by atoms with van der Waals surface area (Å²) in [7, 11) is 0. The van der Waals surface area contributed by atoms with Crippen molar-refractivity contribution in [3.8, 4) is 11.1 Å². The number of hydrogen-bond acceptors (Lipinski definition) is 4. The van der Waals surface area contributed by atoms with Crippen molar-refractivity contribution in [1.82, 2.24) is 0 Å². The minimum absolute atomic E-state index is 0.841. The highest BCUT2D eigenvalue weighted by atomic mass is 16.3. The summed E-state index contributed by atoms with van der Waals surface area (Å²) in [6.07, 6.45) is 0. The molecule has 0 saturated heterocycles. The van der Waals surface area contributed by atoms with Crippen LogP contribution < -0.4 is 4.90 Å². The molecular formula is C42H25NO3. The van der Waals surface area contributed by atoms with Crippen LogP contribution in [0.3, 0.4) is 0 Å². The molecule has 216 valence electrons. The van der Waals surface area contributed by atoms with E-state index < -0.39 is 0 Å². The van der Waals surface area contributed by atoms with Gasteiger partial charge in [0.15, 0.2) is 0 Å². The highest BCUT2D eigenvalue weighted by Crippen LogP contribution is 2.47. The van der Waals surface area contributed by atoms with Crippen molar-refractivity contribution >= 4 is 82.9 Å². The third-order valence-corrected chi connectivity index (χ3v) is 9.07. The zero-order valence-corrected chi connectivity index (χ0v) is 24.6. The standard InChI is InChI=1S/C42H25NO3/c1-2-10-26(11-3-1)29-21-22-35(41-33-14-6-9-17-38(33)46-42(29)41)43(27-19-23-39-34(24-27)31-13-5-8-16-37(31)44-39)28-18-20-32-30-12-4-7-15-36(30)45-40(32)25-28/h1-25H. The van der Waals surface area contributed by atoms with E-state index in [-0.39, 0.29) is 0 Å². The molecular weight excluding hydrogens is 566 g/mol. The number of benzene rings is 7. The number of anilines is 3. The summed E-state index contributed by atoms with van der Waals surface area (Å²) in [4.78, 5) is 2.31. The molecule has 0 aliphatic rings. The molecule has 4 heteroatoms. The van der Waals surface area contributed by atoms with Crippen LogP contribution in [-0.4, -0.2) is 0 Å². The fourth-order valence-corrected chi connectivity index (χ4v) is 6.98. The van der Waals surface area contributed by atoms with E-state index in [1.165, 1.54) is 0 Å². The van der Waals surface area contributed by atoms with Gasteiger partial charge in [0.1, 0.15) is 33.5 Å². The second kappa shape index (κ2) is 9.62. The lowest BCUT2D eigenvalue weighted by Gasteiger charge is -2.26. The molecule has 0 amide bonds. The summed E-state index contributed by atoms with van der Waals surface area (Å²) in [5, 5.41) is 6.47. The van der Waals surface area contributed by atoms with E-state index in [0.29, 0.717) is 0 Å². The number of fused-ring (bicyclic) bond motifs is 9. The Kier molecular flexibility index (Phi) is 5.25. The number of rotatable bonds is 4. The van der Waals surface area contributed by atoms with Crippen LogP contribution in [0, 0.1) is 0 Å². The van der Waals surface area contributed by atoms with Crippen molar-refractivity contribution in [1.29, 1.82) is 0 Å². The Morgan fingerprint density at radius 1 is 0.370 bits per heavy atom. The van der Waals surface area contributed by atoms with Gasteiger partial charge in [0.05, 0.1) is 11.1 Å². The monoisotopic (exact) mass is 591 g/mol. The average molecular weight is 592 g/mol. The summed E-state index contributed by atoms with van der Waals surface area (Å²) in [5.41, 5.74) is 10.3. The van der Waals surface area contributed by atoms with Gasteiger partial charge in [-0.25, -0.2) is 0 Å². The van der Waals surface area contributed by atoms with Crippen molar-refractivity contribution in [2.24, 2.45) is 0 Å². The van der Waals surface area contributed by atoms with Gasteiger partial charge < -0.3 is 18.2 Å². The fraction of sp³-hybridized carbons (Fsp3) is 0. The molecule has 0 atom stereocenters. The second-order valence-corrected chi connectivity index (χ2v) is 11.7. The minimum Gasteiger partial charge on any atom is -0.456 e. The normalized spacial score (nSPS) is 11.9. The van der Waals surface area contributed by atoms with Gasteiger partial charge >= 0.3 is 0 Å². The molecule has 0 N–H and O–H groups in total. The zero-order valence-electron chi connectivity index (χ0n) is 24.6. The van der Waals surface area contributed by atoms with Crippen LogP contribution in [-0.2, 0) is 0 Å². The molecule has 0 fully saturated rings. The van der Waals surface area contributed by atoms with Gasteiger partial charge in [-0.05, 0) is 66.2 Å². The molecule has 7 aromatic carbocycles. The van der Waals surface area contributed by atoms with E-state index in [4.69, 9.17) is 13.3 Å². The zero-order chi connectivity index (χ0) is 30.2. The molecule has 0 aliphatic heterocycles. The van der Waals surface area contributed by atoms with E-state index in [1.54, 1.807) is 0 Å². The molecule has 0 spiro atoms. The molecule has 0 bridgehead atoms. The maximum atomic E-state index is 6.67. The van der Waals surface area contributed by atoms with Crippen molar-refractivity contribution in [2.75, 3.05) is 4.90 Å². The summed E-state index contributed by atoms with van der Waals surface area (Å²) in [5.74, 6) is 0. The van der Waals surface area contributed by atoms with E-state index in [1.807, 2.05) is 42.5 Å². The summed E-state index contributed by atoms with van der Waals surface area (Å²) >= 11 is 0. The Labute approximate surface area is 263 Å². The molecule has 0 unspecified atom stereocenters. The van der Waals surface area contributed by atoms with Crippen molar-refractivity contribution in [2.45, 2.75) is 0 Å². The van der Waals surface area contributed by atoms with Gasteiger partial charge in [0.2, 0.25) is 0 Å². The van der Waals surface area contributed by atoms with E-state index in [2.05, 4.69) is 114 Å². The summed E-state index contributed by atoms with van der Waals surface area (Å²) in [6, 6.07) is 52.4. The lowest BCUT2D eigenvalue weighted by molar-refractivity contribution is 0.668. The first-order valence-corrected chi connectivity index (χ1v) is 15.4. The lowest BCUT2D eigenvalue weighted by atomic mass is 9.99. The largest absolute Gasteiger partial charge is 0.456 e. The van der Waals surface area contributed by atoms with Crippen molar-refractivity contribution < 1.29 is 13.3 Å². The molecule has 10 aromatic rings. The third kappa shape index (κ3) is 3.67. The van der Waals surface area contributed by atoms with Gasteiger partial charge in [-0.1, -0.05) is 84.9 Å². The van der Waals surface area contributed by atoms with Crippen LogP contribution in [0.5, 0.6) is 0 Å².